The second-order valence-corrected chi connectivity index (χ2v) is 6.59. The van der Waals surface area contributed by atoms with Crippen LogP contribution < -0.4 is 16.0 Å². The van der Waals surface area contributed by atoms with Gasteiger partial charge in [-0.2, -0.15) is 0 Å². The second kappa shape index (κ2) is 7.57. The average Bonchev–Trinajstić information content (AvgIpc) is 3.40. The van der Waals surface area contributed by atoms with Gasteiger partial charge in [-0.25, -0.2) is 0 Å². The molecule has 2 aromatic rings. The number of rotatable bonds is 6. The monoisotopic (exact) mass is 357 g/mol. The van der Waals surface area contributed by atoms with Gasteiger partial charge in [0.25, 0.3) is 5.91 Å². The number of amides is 2. The fraction of sp³-hybridized carbons (Fsp3) is 0.263. The largest absolute Gasteiger partial charge is 0.376 e. The molecule has 0 aliphatic heterocycles. The zero-order valence-electron chi connectivity index (χ0n) is 13.9. The van der Waals surface area contributed by atoms with Crippen molar-refractivity contribution >= 4 is 34.8 Å². The molecule has 6 heteroatoms. The summed E-state index contributed by atoms with van der Waals surface area (Å²) >= 11 is 6.12. The van der Waals surface area contributed by atoms with E-state index in [1.165, 1.54) is 0 Å². The molecule has 25 heavy (non-hydrogen) atoms. The first-order chi connectivity index (χ1) is 12.0. The Kier molecular flexibility index (Phi) is 5.24. The van der Waals surface area contributed by atoms with Crippen LogP contribution in [0.5, 0.6) is 0 Å². The molecule has 2 aromatic carbocycles. The average molecular weight is 358 g/mol. The Morgan fingerprint density at radius 1 is 1.12 bits per heavy atom. The molecule has 1 saturated carbocycles. The van der Waals surface area contributed by atoms with E-state index < -0.39 is 0 Å². The Morgan fingerprint density at radius 3 is 2.60 bits per heavy atom. The number of hydrogen-bond donors (Lipinski definition) is 3. The summed E-state index contributed by atoms with van der Waals surface area (Å²) < 4.78 is 0. The predicted octanol–water partition coefficient (Wildman–Crippen LogP) is 3.59. The molecule has 3 rings (SSSR count). The molecule has 0 spiro atoms. The maximum Gasteiger partial charge on any atom is 0.253 e. The minimum absolute atomic E-state index is 0.0396. The van der Waals surface area contributed by atoms with Gasteiger partial charge in [-0.05, 0) is 49.6 Å². The topological polar surface area (TPSA) is 70.2 Å². The molecule has 1 aliphatic carbocycles. The number of carbonyl (C=O) groups excluding carboxylic acids is 2. The zero-order valence-corrected chi connectivity index (χ0v) is 14.7. The third-order valence-corrected chi connectivity index (χ3v) is 4.24. The fourth-order valence-electron chi connectivity index (χ4n) is 2.42. The van der Waals surface area contributed by atoms with Crippen molar-refractivity contribution < 1.29 is 9.59 Å². The molecule has 0 atom stereocenters. The molecule has 0 unspecified atom stereocenters. The van der Waals surface area contributed by atoms with Crippen LogP contribution in [0, 0.1) is 6.92 Å². The number of benzene rings is 2. The van der Waals surface area contributed by atoms with E-state index in [9.17, 15) is 9.59 Å². The number of carbonyl (C=O) groups is 2. The van der Waals surface area contributed by atoms with Gasteiger partial charge < -0.3 is 16.0 Å². The number of aryl methyl sites for hydroxylation is 1. The van der Waals surface area contributed by atoms with Crippen LogP contribution in [0.15, 0.2) is 42.5 Å². The van der Waals surface area contributed by atoms with E-state index in [0.29, 0.717) is 22.0 Å². The third-order valence-electron chi connectivity index (χ3n) is 3.92. The van der Waals surface area contributed by atoms with Crippen molar-refractivity contribution in [3.63, 3.8) is 0 Å². The maximum absolute atomic E-state index is 12.3. The molecule has 0 saturated heterocycles. The highest BCUT2D eigenvalue weighted by Crippen LogP contribution is 2.23. The van der Waals surface area contributed by atoms with Crippen LogP contribution in [-0.2, 0) is 4.79 Å². The Morgan fingerprint density at radius 2 is 1.88 bits per heavy atom. The first kappa shape index (κ1) is 17.3. The van der Waals surface area contributed by atoms with Gasteiger partial charge in [-0.15, -0.1) is 0 Å². The summed E-state index contributed by atoms with van der Waals surface area (Å²) in [6.07, 6.45) is 2.06. The fourth-order valence-corrected chi connectivity index (χ4v) is 2.70. The molecule has 0 heterocycles. The highest BCUT2D eigenvalue weighted by molar-refractivity contribution is 6.33. The van der Waals surface area contributed by atoms with Gasteiger partial charge in [0.15, 0.2) is 0 Å². The van der Waals surface area contributed by atoms with E-state index >= 15 is 0 Å². The summed E-state index contributed by atoms with van der Waals surface area (Å²) in [5.74, 6) is -0.351. The van der Waals surface area contributed by atoms with E-state index in [1.807, 2.05) is 19.1 Å². The third kappa shape index (κ3) is 4.73. The van der Waals surface area contributed by atoms with Gasteiger partial charge in [-0.1, -0.05) is 29.8 Å². The Hall–Kier alpha value is -2.53. The van der Waals surface area contributed by atoms with Crippen molar-refractivity contribution in [3.8, 4) is 0 Å². The van der Waals surface area contributed by atoms with E-state index in [2.05, 4.69) is 16.0 Å². The van der Waals surface area contributed by atoms with Crippen molar-refractivity contribution in [2.75, 3.05) is 17.2 Å². The minimum atomic E-state index is -0.233. The van der Waals surface area contributed by atoms with Crippen molar-refractivity contribution in [1.29, 1.82) is 0 Å². The number of nitrogens with one attached hydrogen (secondary N) is 3. The highest BCUT2D eigenvalue weighted by Gasteiger charge is 2.24. The molecule has 1 aliphatic rings. The van der Waals surface area contributed by atoms with Crippen LogP contribution in [0.1, 0.15) is 28.8 Å². The summed E-state index contributed by atoms with van der Waals surface area (Å²) in [7, 11) is 0. The molecule has 1 fully saturated rings. The number of para-hydroxylation sites is 1. The first-order valence-corrected chi connectivity index (χ1v) is 8.60. The summed E-state index contributed by atoms with van der Waals surface area (Å²) in [6, 6.07) is 12.9. The second-order valence-electron chi connectivity index (χ2n) is 6.18. The van der Waals surface area contributed by atoms with Crippen molar-refractivity contribution in [1.82, 2.24) is 5.32 Å². The number of hydrogen-bond acceptors (Lipinski definition) is 3. The van der Waals surface area contributed by atoms with Crippen molar-refractivity contribution in [2.24, 2.45) is 0 Å². The van der Waals surface area contributed by atoms with Crippen LogP contribution in [0.2, 0.25) is 5.02 Å². The molecule has 0 aromatic heterocycles. The molecular weight excluding hydrogens is 338 g/mol. The van der Waals surface area contributed by atoms with Crippen molar-refractivity contribution in [2.45, 2.75) is 25.8 Å². The van der Waals surface area contributed by atoms with Crippen LogP contribution in [-0.4, -0.2) is 24.4 Å². The lowest BCUT2D eigenvalue weighted by Crippen LogP contribution is -2.27. The number of halogens is 1. The Balaban J connectivity index is 1.61. The summed E-state index contributed by atoms with van der Waals surface area (Å²) in [5, 5.41) is 9.24. The smallest absolute Gasteiger partial charge is 0.253 e. The SMILES string of the molecule is Cc1ccc(NC(=O)CNc2ccccc2C(=O)NC2CC2)c(Cl)c1. The maximum atomic E-state index is 12.3. The lowest BCUT2D eigenvalue weighted by Gasteiger charge is -2.13. The molecule has 130 valence electrons. The van der Waals surface area contributed by atoms with Crippen LogP contribution in [0.3, 0.4) is 0 Å². The van der Waals surface area contributed by atoms with Gasteiger partial charge in [-0.3, -0.25) is 9.59 Å². The Bertz CT molecular complexity index is 803. The van der Waals surface area contributed by atoms with E-state index in [0.717, 1.165) is 18.4 Å². The van der Waals surface area contributed by atoms with Crippen LogP contribution in [0.4, 0.5) is 11.4 Å². The van der Waals surface area contributed by atoms with Crippen LogP contribution >= 0.6 is 11.6 Å². The van der Waals surface area contributed by atoms with E-state index in [4.69, 9.17) is 11.6 Å². The molecule has 0 radical (unpaired) electrons. The van der Waals surface area contributed by atoms with Gasteiger partial charge in [0.05, 0.1) is 22.8 Å². The van der Waals surface area contributed by atoms with Gasteiger partial charge in [0.1, 0.15) is 0 Å². The predicted molar refractivity (Wildman–Crippen MR) is 100 cm³/mol. The molecule has 5 nitrogen and oxygen atoms in total. The van der Waals surface area contributed by atoms with Gasteiger partial charge in [0.2, 0.25) is 5.91 Å². The standard InChI is InChI=1S/C19H20ClN3O2/c1-12-6-9-17(15(20)10-12)23-18(24)11-21-16-5-3-2-4-14(16)19(25)22-13-7-8-13/h2-6,9-10,13,21H,7-8,11H2,1H3,(H,22,25)(H,23,24). The Labute approximate surface area is 151 Å². The minimum Gasteiger partial charge on any atom is -0.376 e. The molecule has 2 amide bonds. The first-order valence-electron chi connectivity index (χ1n) is 8.22. The summed E-state index contributed by atoms with van der Waals surface area (Å²) in [6.45, 7) is 1.97. The lowest BCUT2D eigenvalue weighted by molar-refractivity contribution is -0.114. The van der Waals surface area contributed by atoms with Gasteiger partial charge >= 0.3 is 0 Å². The van der Waals surface area contributed by atoms with Crippen molar-refractivity contribution in [3.05, 3.63) is 58.6 Å². The summed E-state index contributed by atoms with van der Waals surface area (Å²) in [4.78, 5) is 24.4. The lowest BCUT2D eigenvalue weighted by atomic mass is 10.1. The zero-order chi connectivity index (χ0) is 17.8. The van der Waals surface area contributed by atoms with Gasteiger partial charge in [0, 0.05) is 11.7 Å². The van der Waals surface area contributed by atoms with E-state index in [-0.39, 0.29) is 24.4 Å². The molecular formula is C19H20ClN3O2. The van der Waals surface area contributed by atoms with Crippen LogP contribution in [0.25, 0.3) is 0 Å². The quantitative estimate of drug-likeness (QED) is 0.740. The summed E-state index contributed by atoms with van der Waals surface area (Å²) in [5.41, 5.74) is 2.76. The molecule has 0 bridgehead atoms. The molecule has 3 N–H and O–H groups in total. The highest BCUT2D eigenvalue weighted by atomic mass is 35.5. The number of anilines is 2. The van der Waals surface area contributed by atoms with E-state index in [1.54, 1.807) is 30.3 Å². The normalized spacial score (nSPS) is 13.2.